The van der Waals surface area contributed by atoms with Crippen LogP contribution in [0, 0.1) is 0 Å². The average molecular weight is 658 g/mol. The number of hydrogen-bond donors (Lipinski definition) is 0. The van der Waals surface area contributed by atoms with Crippen molar-refractivity contribution in [2.45, 2.75) is 26.7 Å². The Balaban J connectivity index is 0.00000171. The first-order chi connectivity index (χ1) is 25.3. The van der Waals surface area contributed by atoms with Crippen molar-refractivity contribution in [3.8, 4) is 11.4 Å². The van der Waals surface area contributed by atoms with E-state index in [1.807, 2.05) is 13.8 Å². The van der Waals surface area contributed by atoms with Gasteiger partial charge in [-0.1, -0.05) is 123 Å². The van der Waals surface area contributed by atoms with Crippen LogP contribution in [0.5, 0.6) is 0 Å². The lowest BCUT2D eigenvalue weighted by molar-refractivity contribution is 0.995. The third-order valence-corrected chi connectivity index (χ3v) is 10.1. The molecule has 7 aromatic carbocycles. The summed E-state index contributed by atoms with van der Waals surface area (Å²) in [7, 11) is 0. The van der Waals surface area contributed by atoms with Crippen LogP contribution in [0.2, 0.25) is 0 Å². The molecule has 1 aliphatic carbocycles. The molecule has 2 heterocycles. The second-order valence-electron chi connectivity index (χ2n) is 12.9. The highest BCUT2D eigenvalue weighted by atomic mass is 15.1. The van der Waals surface area contributed by atoms with Crippen LogP contribution in [0.3, 0.4) is 0 Å². The highest BCUT2D eigenvalue weighted by Crippen LogP contribution is 2.46. The molecule has 0 spiro atoms. The molecular formula is C48H39N3. The van der Waals surface area contributed by atoms with Gasteiger partial charge in [-0.15, -0.1) is 0 Å². The molecule has 0 N–H and O–H groups in total. The Morgan fingerprint density at radius 1 is 0.471 bits per heavy atom. The van der Waals surface area contributed by atoms with Crippen molar-refractivity contribution in [3.63, 3.8) is 0 Å². The van der Waals surface area contributed by atoms with Gasteiger partial charge >= 0.3 is 0 Å². The molecular weight excluding hydrogens is 619 g/mol. The van der Waals surface area contributed by atoms with E-state index in [1.54, 1.807) is 0 Å². The third kappa shape index (κ3) is 4.96. The molecule has 0 aliphatic heterocycles. The molecule has 10 rings (SSSR count). The maximum Gasteiger partial charge on any atom is 0.0565 e. The molecule has 0 amide bonds. The molecule has 0 fully saturated rings. The van der Waals surface area contributed by atoms with Crippen molar-refractivity contribution in [1.82, 2.24) is 9.13 Å². The summed E-state index contributed by atoms with van der Waals surface area (Å²) in [6.45, 7) is 4.00. The lowest BCUT2D eigenvalue weighted by Crippen LogP contribution is -2.13. The van der Waals surface area contributed by atoms with E-state index in [4.69, 9.17) is 0 Å². The van der Waals surface area contributed by atoms with Gasteiger partial charge in [-0.3, -0.25) is 0 Å². The topological polar surface area (TPSA) is 13.1 Å². The van der Waals surface area contributed by atoms with E-state index < -0.39 is 0 Å². The van der Waals surface area contributed by atoms with Crippen LogP contribution in [0.25, 0.3) is 61.1 Å². The summed E-state index contributed by atoms with van der Waals surface area (Å²) in [6, 6.07) is 59.4. The lowest BCUT2D eigenvalue weighted by atomic mass is 9.90. The number of benzene rings is 7. The summed E-state index contributed by atoms with van der Waals surface area (Å²) in [4.78, 5) is 2.42. The van der Waals surface area contributed by atoms with Crippen LogP contribution >= 0.6 is 0 Å². The zero-order valence-corrected chi connectivity index (χ0v) is 29.0. The minimum Gasteiger partial charge on any atom is -0.310 e. The first kappa shape index (κ1) is 30.7. The van der Waals surface area contributed by atoms with Gasteiger partial charge < -0.3 is 14.0 Å². The van der Waals surface area contributed by atoms with Gasteiger partial charge in [-0.25, -0.2) is 0 Å². The predicted octanol–water partition coefficient (Wildman–Crippen LogP) is 13.3. The van der Waals surface area contributed by atoms with Crippen LogP contribution in [0.4, 0.5) is 17.1 Å². The van der Waals surface area contributed by atoms with Crippen LogP contribution in [0.15, 0.2) is 170 Å². The van der Waals surface area contributed by atoms with Crippen molar-refractivity contribution in [2.24, 2.45) is 0 Å². The van der Waals surface area contributed by atoms with E-state index in [1.165, 1.54) is 60.4 Å². The number of fused-ring (bicyclic) bond motifs is 8. The molecule has 0 saturated carbocycles. The fraction of sp³-hybridized carbons (Fsp3) is 0.0833. The standard InChI is InChI=1S/C46H33N3.C2H6/c1-4-16-32(17-5-1)47(33-18-6-2-7-19-33)44-31-45-46(39-24-11-10-23-37(39)44)40-25-13-15-27-42(40)49(45)35-28-29-38-36-22-12-14-26-41(36)48(43(38)30-35)34-20-8-3-9-21-34;1-2/h1-10,12-23,25-31H,11,24H2;1-2H3. The molecule has 0 unspecified atom stereocenters. The number of nitrogens with zero attached hydrogens (tertiary/aromatic N) is 3. The molecule has 0 atom stereocenters. The van der Waals surface area contributed by atoms with Crippen molar-refractivity contribution < 1.29 is 0 Å². The minimum atomic E-state index is 1.00. The van der Waals surface area contributed by atoms with Crippen molar-refractivity contribution in [3.05, 3.63) is 181 Å². The molecule has 3 heteroatoms. The van der Waals surface area contributed by atoms with Gasteiger partial charge in [0.05, 0.1) is 27.8 Å². The molecule has 2 aromatic heterocycles. The molecule has 9 aromatic rings. The largest absolute Gasteiger partial charge is 0.310 e. The van der Waals surface area contributed by atoms with Crippen molar-refractivity contribution >= 4 is 66.7 Å². The summed E-state index contributed by atoms with van der Waals surface area (Å²) in [5.74, 6) is 0. The summed E-state index contributed by atoms with van der Waals surface area (Å²) < 4.78 is 4.90. The first-order valence-corrected chi connectivity index (χ1v) is 18.1. The number of rotatable bonds is 5. The van der Waals surface area contributed by atoms with Gasteiger partial charge in [0.15, 0.2) is 0 Å². The Morgan fingerprint density at radius 2 is 1.02 bits per heavy atom. The summed E-state index contributed by atoms with van der Waals surface area (Å²) in [5, 5.41) is 5.17. The number of aromatic nitrogens is 2. The highest BCUT2D eigenvalue weighted by molar-refractivity contribution is 6.15. The SMILES string of the molecule is C1=Cc2c(N(c3ccccc3)c3ccccc3)cc3c(c2CC1)c1ccccc1n3-c1ccc2c3ccccc3n(-c3ccccc3)c2c1.CC. The van der Waals surface area contributed by atoms with Crippen LogP contribution in [-0.4, -0.2) is 9.13 Å². The second kappa shape index (κ2) is 12.9. The number of para-hydroxylation sites is 5. The molecule has 0 radical (unpaired) electrons. The lowest BCUT2D eigenvalue weighted by Gasteiger charge is -2.29. The van der Waals surface area contributed by atoms with Gasteiger partial charge in [0.25, 0.3) is 0 Å². The van der Waals surface area contributed by atoms with E-state index in [-0.39, 0.29) is 0 Å². The quantitative estimate of drug-likeness (QED) is 0.179. The molecule has 3 nitrogen and oxygen atoms in total. The van der Waals surface area contributed by atoms with Gasteiger partial charge in [0.1, 0.15) is 0 Å². The molecule has 0 saturated heterocycles. The van der Waals surface area contributed by atoms with E-state index in [2.05, 4.69) is 190 Å². The monoisotopic (exact) mass is 657 g/mol. The van der Waals surface area contributed by atoms with Gasteiger partial charge in [-0.05, 0) is 85.1 Å². The number of aryl methyl sites for hydroxylation is 1. The molecule has 0 bridgehead atoms. The predicted molar refractivity (Wildman–Crippen MR) is 219 cm³/mol. The zero-order valence-electron chi connectivity index (χ0n) is 29.0. The van der Waals surface area contributed by atoms with Crippen LogP contribution in [0.1, 0.15) is 31.4 Å². The maximum atomic E-state index is 2.49. The Bertz CT molecular complexity index is 2660. The first-order valence-electron chi connectivity index (χ1n) is 18.1. The minimum absolute atomic E-state index is 1.00. The normalized spacial score (nSPS) is 12.3. The molecule has 51 heavy (non-hydrogen) atoms. The Kier molecular flexibility index (Phi) is 7.74. The van der Waals surface area contributed by atoms with E-state index in [9.17, 15) is 0 Å². The van der Waals surface area contributed by atoms with E-state index >= 15 is 0 Å². The Morgan fingerprint density at radius 3 is 1.71 bits per heavy atom. The summed E-state index contributed by atoms with van der Waals surface area (Å²) in [6.07, 6.45) is 6.72. The smallest absolute Gasteiger partial charge is 0.0565 e. The highest BCUT2D eigenvalue weighted by Gasteiger charge is 2.25. The van der Waals surface area contributed by atoms with E-state index in [0.29, 0.717) is 0 Å². The Hall–Kier alpha value is -6.32. The van der Waals surface area contributed by atoms with Crippen molar-refractivity contribution in [2.75, 3.05) is 4.90 Å². The van der Waals surface area contributed by atoms with Crippen molar-refractivity contribution in [1.29, 1.82) is 0 Å². The molecule has 246 valence electrons. The van der Waals surface area contributed by atoms with Crippen LogP contribution < -0.4 is 4.90 Å². The Labute approximate surface area is 298 Å². The van der Waals surface area contributed by atoms with Gasteiger partial charge in [0, 0.05) is 49.9 Å². The van der Waals surface area contributed by atoms with Crippen LogP contribution in [-0.2, 0) is 6.42 Å². The van der Waals surface area contributed by atoms with Gasteiger partial charge in [-0.2, -0.15) is 0 Å². The maximum absolute atomic E-state index is 2.49. The molecule has 1 aliphatic rings. The number of anilines is 3. The fourth-order valence-corrected chi connectivity index (χ4v) is 8.08. The second-order valence-corrected chi connectivity index (χ2v) is 12.9. The number of allylic oxidation sites excluding steroid dienone is 1. The number of hydrogen-bond acceptors (Lipinski definition) is 1. The third-order valence-electron chi connectivity index (χ3n) is 10.1. The summed E-state index contributed by atoms with van der Waals surface area (Å²) >= 11 is 0. The summed E-state index contributed by atoms with van der Waals surface area (Å²) in [5.41, 5.74) is 13.4. The fourth-order valence-electron chi connectivity index (χ4n) is 8.08. The van der Waals surface area contributed by atoms with Gasteiger partial charge in [0.2, 0.25) is 0 Å². The zero-order chi connectivity index (χ0) is 34.3. The average Bonchev–Trinajstić information content (AvgIpc) is 3.72. The van der Waals surface area contributed by atoms with E-state index in [0.717, 1.165) is 35.6 Å².